The summed E-state index contributed by atoms with van der Waals surface area (Å²) >= 11 is 0. The third-order valence-corrected chi connectivity index (χ3v) is 2.77. The Kier molecular flexibility index (Phi) is 8.71. The van der Waals surface area contributed by atoms with Crippen molar-refractivity contribution < 1.29 is 25.8 Å². The van der Waals surface area contributed by atoms with Crippen LogP contribution in [0.1, 0.15) is 0 Å². The molecule has 0 unspecified atom stereocenters. The van der Waals surface area contributed by atoms with Gasteiger partial charge in [-0.15, -0.1) is 83.8 Å². The molecule has 0 saturated carbocycles. The van der Waals surface area contributed by atoms with E-state index in [1.807, 2.05) is 0 Å². The first-order chi connectivity index (χ1) is 7.45. The molecule has 0 aliphatic carbocycles. The number of hydrogen-bond acceptors (Lipinski definition) is 0. The van der Waals surface area contributed by atoms with E-state index in [4.69, 9.17) is 0 Å². The summed E-state index contributed by atoms with van der Waals surface area (Å²) in [5.41, 5.74) is 2.62. The molecule has 3 aromatic rings. The zero-order valence-electron chi connectivity index (χ0n) is 9.67. The van der Waals surface area contributed by atoms with E-state index in [0.717, 1.165) is 0 Å². The minimum atomic E-state index is 0. The molecular weight excluding hydrogens is 612 g/mol. The molecule has 3 heteroatoms. The van der Waals surface area contributed by atoms with E-state index in [-0.39, 0.29) is 73.8 Å². The third kappa shape index (κ3) is 3.70. The average Bonchev–Trinajstić information content (AvgIpc) is 2.74. The second kappa shape index (κ2) is 8.53. The maximum atomic E-state index is 2.19. The summed E-state index contributed by atoms with van der Waals surface area (Å²) < 4.78 is 0. The molecule has 0 aliphatic rings. The second-order valence-electron chi connectivity index (χ2n) is 3.70. The van der Waals surface area contributed by atoms with Gasteiger partial charge in [0.1, 0.15) is 0 Å². The van der Waals surface area contributed by atoms with Crippen molar-refractivity contribution in [2.45, 2.75) is 0 Å². The van der Waals surface area contributed by atoms with Gasteiger partial charge in [-0.3, -0.25) is 0 Å². The Morgan fingerprint density at radius 1 is 0.667 bits per heavy atom. The molecule has 0 atom stereocenters. The van der Waals surface area contributed by atoms with E-state index in [1.54, 1.807) is 0 Å². The van der Waals surface area contributed by atoms with Crippen LogP contribution in [0.4, 0.5) is 0 Å². The molecule has 0 fully saturated rings. The summed E-state index contributed by atoms with van der Waals surface area (Å²) in [6.07, 6.45) is 0. The van der Waals surface area contributed by atoms with Gasteiger partial charge in [0.05, 0.1) is 0 Å². The molecule has 3 aromatic carbocycles. The van der Waals surface area contributed by atoms with Crippen LogP contribution >= 0.6 is 48.0 Å². The molecule has 0 amide bonds. The zero-order valence-corrected chi connectivity index (χ0v) is 17.9. The molecule has 0 nitrogen and oxygen atoms in total. The Bertz CT molecular complexity index is 588. The molecule has 0 aromatic heterocycles. The minimum Gasteiger partial charge on any atom is -0.129 e. The smallest absolute Gasteiger partial charge is 0 e. The van der Waals surface area contributed by atoms with E-state index >= 15 is 0 Å². The molecular formula is C15H13HfI2-. The predicted molar refractivity (Wildman–Crippen MR) is 95.8 cm³/mol. The first-order valence-corrected chi connectivity index (χ1v) is 5.15. The largest absolute Gasteiger partial charge is 0.129 e. The van der Waals surface area contributed by atoms with Crippen LogP contribution in [0.3, 0.4) is 0 Å². The van der Waals surface area contributed by atoms with Crippen molar-refractivity contribution in [3.63, 3.8) is 0 Å². The molecule has 0 radical (unpaired) electrons. The molecule has 0 aliphatic heterocycles. The number of benzene rings is 2. The predicted octanol–water partition coefficient (Wildman–Crippen LogP) is 5.46. The first kappa shape index (κ1) is 18.4. The topological polar surface area (TPSA) is 0 Å². The Hall–Kier alpha value is 0.380. The van der Waals surface area contributed by atoms with Crippen LogP contribution < -0.4 is 0 Å². The van der Waals surface area contributed by atoms with Crippen LogP contribution in [0.15, 0.2) is 66.7 Å². The van der Waals surface area contributed by atoms with E-state index in [0.29, 0.717) is 0 Å². The second-order valence-corrected chi connectivity index (χ2v) is 3.70. The monoisotopic (exact) mass is 627 g/mol. The normalized spacial score (nSPS) is 8.89. The van der Waals surface area contributed by atoms with Gasteiger partial charge in [0.25, 0.3) is 0 Å². The van der Waals surface area contributed by atoms with Gasteiger partial charge < -0.3 is 0 Å². The summed E-state index contributed by atoms with van der Waals surface area (Å²) in [5, 5.41) is 2.65. The molecule has 92 valence electrons. The fourth-order valence-electron chi connectivity index (χ4n) is 2.02. The summed E-state index contributed by atoms with van der Waals surface area (Å²) in [7, 11) is 0. The number of hydrogen-bond donors (Lipinski definition) is 0. The summed E-state index contributed by atoms with van der Waals surface area (Å²) in [6.45, 7) is 0. The molecule has 0 saturated heterocycles. The van der Waals surface area contributed by atoms with Crippen molar-refractivity contribution in [3.05, 3.63) is 66.7 Å². The quantitative estimate of drug-likeness (QED) is 0.192. The Morgan fingerprint density at radius 2 is 1.28 bits per heavy atom. The van der Waals surface area contributed by atoms with Gasteiger partial charge in [0.15, 0.2) is 0 Å². The fourth-order valence-corrected chi connectivity index (χ4v) is 2.02. The summed E-state index contributed by atoms with van der Waals surface area (Å²) in [6, 6.07) is 23.4. The minimum absolute atomic E-state index is 0. The molecule has 0 heterocycles. The van der Waals surface area contributed by atoms with Crippen molar-refractivity contribution >= 4 is 58.7 Å². The Labute approximate surface area is 160 Å². The molecule has 0 N–H and O–H groups in total. The van der Waals surface area contributed by atoms with Gasteiger partial charge in [0.2, 0.25) is 0 Å². The van der Waals surface area contributed by atoms with Crippen LogP contribution in [0, 0.1) is 0 Å². The number of halogens is 2. The number of fused-ring (bicyclic) bond motifs is 1. The fraction of sp³-hybridized carbons (Fsp3) is 0. The van der Waals surface area contributed by atoms with Crippen LogP contribution in [0.5, 0.6) is 0 Å². The van der Waals surface area contributed by atoms with Gasteiger partial charge in [-0.25, -0.2) is 0 Å². The van der Waals surface area contributed by atoms with Gasteiger partial charge in [0, 0.05) is 25.8 Å². The Balaban J connectivity index is 0.000000963. The standard InChI is InChI=1S/C15H11.Hf.2HI/c1-2-6-12(7-3-1)15-11-10-13-8-4-5-9-14(13)15;;;/h1-11H;;2*1H/q-1;;;. The third-order valence-electron chi connectivity index (χ3n) is 2.77. The Morgan fingerprint density at radius 3 is 2.00 bits per heavy atom. The molecule has 3 rings (SSSR count). The van der Waals surface area contributed by atoms with Crippen LogP contribution in [-0.2, 0) is 25.8 Å². The average molecular weight is 626 g/mol. The van der Waals surface area contributed by atoms with Crippen LogP contribution in [-0.4, -0.2) is 0 Å². The van der Waals surface area contributed by atoms with E-state index in [2.05, 4.69) is 66.7 Å². The first-order valence-electron chi connectivity index (χ1n) is 5.15. The van der Waals surface area contributed by atoms with Crippen molar-refractivity contribution in [2.24, 2.45) is 0 Å². The van der Waals surface area contributed by atoms with Crippen molar-refractivity contribution in [3.8, 4) is 11.1 Å². The maximum Gasteiger partial charge on any atom is 0 e. The summed E-state index contributed by atoms with van der Waals surface area (Å²) in [5.74, 6) is 0. The van der Waals surface area contributed by atoms with Gasteiger partial charge in [-0.2, -0.15) is 0 Å². The van der Waals surface area contributed by atoms with E-state index in [1.165, 1.54) is 21.9 Å². The molecule has 18 heavy (non-hydrogen) atoms. The van der Waals surface area contributed by atoms with Crippen LogP contribution in [0.2, 0.25) is 0 Å². The van der Waals surface area contributed by atoms with E-state index < -0.39 is 0 Å². The summed E-state index contributed by atoms with van der Waals surface area (Å²) in [4.78, 5) is 0. The van der Waals surface area contributed by atoms with Gasteiger partial charge in [-0.1, -0.05) is 52.7 Å². The molecule has 0 spiro atoms. The van der Waals surface area contributed by atoms with Crippen molar-refractivity contribution in [1.82, 2.24) is 0 Å². The number of rotatable bonds is 1. The van der Waals surface area contributed by atoms with Crippen LogP contribution in [0.25, 0.3) is 21.9 Å². The van der Waals surface area contributed by atoms with Gasteiger partial charge >= 0.3 is 0 Å². The van der Waals surface area contributed by atoms with E-state index in [9.17, 15) is 0 Å². The SMILES string of the molecule is I.I.[Hf].c1ccc(-[c-]2ccc3ccccc32)cc1. The van der Waals surface area contributed by atoms with Crippen molar-refractivity contribution in [2.75, 3.05) is 0 Å². The van der Waals surface area contributed by atoms with Gasteiger partial charge in [-0.05, 0) is 0 Å². The molecule has 0 bridgehead atoms. The zero-order chi connectivity index (χ0) is 10.1. The van der Waals surface area contributed by atoms with Crippen molar-refractivity contribution in [1.29, 1.82) is 0 Å². The maximum absolute atomic E-state index is 2.19.